The van der Waals surface area contributed by atoms with E-state index in [-0.39, 0.29) is 0 Å². The van der Waals surface area contributed by atoms with Crippen LogP contribution in [0.25, 0.3) is 0 Å². The quantitative estimate of drug-likeness (QED) is 0.627. The third-order valence-corrected chi connectivity index (χ3v) is 3.96. The molecule has 0 bridgehead atoms. The summed E-state index contributed by atoms with van der Waals surface area (Å²) >= 11 is 1.48. The zero-order valence-electron chi connectivity index (χ0n) is 11.8. The Kier molecular flexibility index (Phi) is 4.84. The largest absolute Gasteiger partial charge is 0.383 e. The summed E-state index contributed by atoms with van der Waals surface area (Å²) in [6.07, 6.45) is 4.20. The van der Waals surface area contributed by atoms with Gasteiger partial charge in [-0.1, -0.05) is 25.6 Å². The number of nitrogen functional groups attached to an aromatic ring is 2. The summed E-state index contributed by atoms with van der Waals surface area (Å²) in [5.41, 5.74) is 12.3. The summed E-state index contributed by atoms with van der Waals surface area (Å²) in [6.45, 7) is 4.35. The Morgan fingerprint density at radius 2 is 1.85 bits per heavy atom. The number of aromatic nitrogens is 4. The molecule has 6 nitrogen and oxygen atoms in total. The van der Waals surface area contributed by atoms with E-state index in [2.05, 4.69) is 28.9 Å². The van der Waals surface area contributed by atoms with E-state index in [4.69, 9.17) is 11.5 Å². The third kappa shape index (κ3) is 3.63. The lowest BCUT2D eigenvalue weighted by Gasteiger charge is -2.12. The van der Waals surface area contributed by atoms with Crippen LogP contribution in [0.4, 0.5) is 11.6 Å². The van der Waals surface area contributed by atoms with E-state index in [1.165, 1.54) is 11.8 Å². The Bertz CT molecular complexity index is 543. The second-order valence-corrected chi connectivity index (χ2v) is 5.49. The summed E-state index contributed by atoms with van der Waals surface area (Å²) < 4.78 is 2.03. The van der Waals surface area contributed by atoms with Crippen molar-refractivity contribution in [2.24, 2.45) is 0 Å². The summed E-state index contributed by atoms with van der Waals surface area (Å²) in [7, 11) is 0. The molecule has 0 amide bonds. The van der Waals surface area contributed by atoms with Crippen molar-refractivity contribution >= 4 is 23.4 Å². The van der Waals surface area contributed by atoms with E-state index in [0.717, 1.165) is 18.5 Å². The van der Waals surface area contributed by atoms with Crippen LogP contribution >= 0.6 is 11.8 Å². The first-order valence-electron chi connectivity index (χ1n) is 6.69. The number of rotatable bonds is 6. The number of nitrogens with two attached hydrogens (primary N) is 2. The highest BCUT2D eigenvalue weighted by Crippen LogP contribution is 2.21. The lowest BCUT2D eigenvalue weighted by Crippen LogP contribution is -2.07. The molecule has 2 aromatic rings. The molecular formula is C13H20N6S. The maximum absolute atomic E-state index is 5.64. The van der Waals surface area contributed by atoms with Gasteiger partial charge in [-0.3, -0.25) is 4.68 Å². The molecular weight excluding hydrogens is 272 g/mol. The SMILES string of the molecule is CCC(CC)n1ccc(CSc2nc(N)cc(N)n2)n1. The predicted octanol–water partition coefficient (Wildman–Crippen LogP) is 2.49. The zero-order chi connectivity index (χ0) is 14.5. The van der Waals surface area contributed by atoms with E-state index in [1.54, 1.807) is 6.07 Å². The Balaban J connectivity index is 2.00. The van der Waals surface area contributed by atoms with Crippen LogP contribution in [0.15, 0.2) is 23.5 Å². The van der Waals surface area contributed by atoms with Gasteiger partial charge in [0.15, 0.2) is 5.16 Å². The molecule has 4 N–H and O–H groups in total. The Labute approximate surface area is 123 Å². The Hall–Kier alpha value is -1.76. The third-order valence-electron chi connectivity index (χ3n) is 3.07. The molecule has 108 valence electrons. The Morgan fingerprint density at radius 3 is 2.45 bits per heavy atom. The molecule has 20 heavy (non-hydrogen) atoms. The molecule has 0 aliphatic rings. The van der Waals surface area contributed by atoms with Crippen LogP contribution in [-0.2, 0) is 5.75 Å². The van der Waals surface area contributed by atoms with Gasteiger partial charge in [0.2, 0.25) is 0 Å². The van der Waals surface area contributed by atoms with Crippen molar-refractivity contribution in [3.63, 3.8) is 0 Å². The molecule has 0 atom stereocenters. The van der Waals surface area contributed by atoms with Gasteiger partial charge in [-0.25, -0.2) is 9.97 Å². The molecule has 7 heteroatoms. The fourth-order valence-corrected chi connectivity index (χ4v) is 2.76. The van der Waals surface area contributed by atoms with Crippen LogP contribution in [0.3, 0.4) is 0 Å². The molecule has 0 aliphatic heterocycles. The van der Waals surface area contributed by atoms with Gasteiger partial charge in [0, 0.05) is 18.0 Å². The lowest BCUT2D eigenvalue weighted by molar-refractivity contribution is 0.426. The summed E-state index contributed by atoms with van der Waals surface area (Å²) in [6, 6.07) is 4.04. The predicted molar refractivity (Wildman–Crippen MR) is 82.3 cm³/mol. The first kappa shape index (κ1) is 14.6. The second kappa shape index (κ2) is 6.60. The summed E-state index contributed by atoms with van der Waals surface area (Å²) in [5, 5.41) is 5.17. The van der Waals surface area contributed by atoms with Gasteiger partial charge in [0.05, 0.1) is 11.7 Å². The zero-order valence-corrected chi connectivity index (χ0v) is 12.6. The average Bonchev–Trinajstić information content (AvgIpc) is 2.86. The summed E-state index contributed by atoms with van der Waals surface area (Å²) in [5.74, 6) is 1.49. The van der Waals surface area contributed by atoms with Crippen LogP contribution in [-0.4, -0.2) is 19.7 Å². The fraction of sp³-hybridized carbons (Fsp3) is 0.462. The minimum Gasteiger partial charge on any atom is -0.383 e. The first-order chi connectivity index (χ1) is 9.62. The van der Waals surface area contributed by atoms with Crippen LogP contribution < -0.4 is 11.5 Å². The van der Waals surface area contributed by atoms with Gasteiger partial charge >= 0.3 is 0 Å². The van der Waals surface area contributed by atoms with E-state index in [0.29, 0.717) is 28.6 Å². The molecule has 2 heterocycles. The van der Waals surface area contributed by atoms with Crippen LogP contribution in [0.5, 0.6) is 0 Å². The van der Waals surface area contributed by atoms with E-state index in [9.17, 15) is 0 Å². The number of thioether (sulfide) groups is 1. The van der Waals surface area contributed by atoms with Crippen LogP contribution in [0.2, 0.25) is 0 Å². The molecule has 0 aliphatic carbocycles. The van der Waals surface area contributed by atoms with Crippen LogP contribution in [0, 0.1) is 0 Å². The summed E-state index contributed by atoms with van der Waals surface area (Å²) in [4.78, 5) is 8.28. The first-order valence-corrected chi connectivity index (χ1v) is 7.67. The number of hydrogen-bond acceptors (Lipinski definition) is 6. The van der Waals surface area contributed by atoms with Gasteiger partial charge in [-0.2, -0.15) is 5.10 Å². The smallest absolute Gasteiger partial charge is 0.191 e. The monoisotopic (exact) mass is 292 g/mol. The number of anilines is 2. The topological polar surface area (TPSA) is 95.6 Å². The Morgan fingerprint density at radius 1 is 1.20 bits per heavy atom. The van der Waals surface area contributed by atoms with Crippen molar-refractivity contribution in [3.05, 3.63) is 24.0 Å². The highest BCUT2D eigenvalue weighted by molar-refractivity contribution is 7.98. The van der Waals surface area contributed by atoms with Crippen molar-refractivity contribution in [1.82, 2.24) is 19.7 Å². The molecule has 2 rings (SSSR count). The normalized spacial score (nSPS) is 11.2. The minimum atomic E-state index is 0.391. The van der Waals surface area contributed by atoms with Gasteiger partial charge in [-0.15, -0.1) is 0 Å². The van der Waals surface area contributed by atoms with Crippen molar-refractivity contribution in [1.29, 1.82) is 0 Å². The van der Waals surface area contributed by atoms with E-state index in [1.807, 2.05) is 16.9 Å². The van der Waals surface area contributed by atoms with Gasteiger partial charge in [0.25, 0.3) is 0 Å². The molecule has 0 saturated carbocycles. The van der Waals surface area contributed by atoms with Crippen molar-refractivity contribution in [2.75, 3.05) is 11.5 Å². The standard InChI is InChI=1S/C13H20N6S/c1-3-10(4-2)19-6-5-9(18-19)8-20-13-16-11(14)7-12(15)17-13/h5-7,10H,3-4,8H2,1-2H3,(H4,14,15,16,17). The molecule has 0 spiro atoms. The van der Waals surface area contributed by atoms with Crippen molar-refractivity contribution in [3.8, 4) is 0 Å². The molecule has 0 aromatic carbocycles. The van der Waals surface area contributed by atoms with Crippen molar-refractivity contribution in [2.45, 2.75) is 43.6 Å². The maximum Gasteiger partial charge on any atom is 0.191 e. The lowest BCUT2D eigenvalue weighted by atomic mass is 10.2. The van der Waals surface area contributed by atoms with Gasteiger partial charge in [0.1, 0.15) is 11.6 Å². The van der Waals surface area contributed by atoms with E-state index >= 15 is 0 Å². The molecule has 0 fully saturated rings. The minimum absolute atomic E-state index is 0.391. The number of hydrogen-bond donors (Lipinski definition) is 2. The second-order valence-electron chi connectivity index (χ2n) is 4.55. The maximum atomic E-state index is 5.64. The van der Waals surface area contributed by atoms with Gasteiger partial charge in [-0.05, 0) is 18.9 Å². The van der Waals surface area contributed by atoms with Crippen LogP contribution in [0.1, 0.15) is 38.4 Å². The molecule has 0 radical (unpaired) electrons. The number of nitrogens with zero attached hydrogens (tertiary/aromatic N) is 4. The molecule has 0 saturated heterocycles. The van der Waals surface area contributed by atoms with Gasteiger partial charge < -0.3 is 11.5 Å². The van der Waals surface area contributed by atoms with Crippen molar-refractivity contribution < 1.29 is 0 Å². The highest BCUT2D eigenvalue weighted by atomic mass is 32.2. The average molecular weight is 292 g/mol. The fourth-order valence-electron chi connectivity index (χ4n) is 1.99. The highest BCUT2D eigenvalue weighted by Gasteiger charge is 2.09. The molecule has 0 unspecified atom stereocenters. The molecule has 2 aromatic heterocycles. The van der Waals surface area contributed by atoms with E-state index < -0.39 is 0 Å².